The molecular weight excluding hydrogens is 381 g/mol. The number of nitrogens with zero attached hydrogens (tertiary/aromatic N) is 2. The van der Waals surface area contributed by atoms with Gasteiger partial charge in [-0.3, -0.25) is 14.5 Å². The van der Waals surface area contributed by atoms with Crippen molar-refractivity contribution in [3.8, 4) is 0 Å². The fraction of sp³-hybridized carbons (Fsp3) is 0.250. The van der Waals surface area contributed by atoms with Crippen molar-refractivity contribution < 1.29 is 18.8 Å². The minimum Gasteiger partial charge on any atom is -0.320 e. The first-order chi connectivity index (χ1) is 13.5. The SMILES string of the molecule is CCN(Cc1cccc(F)c1)C(=O)Nc1ccc(CN2C(=O)CSC2=O)cc1. The normalized spacial score (nSPS) is 13.7. The topological polar surface area (TPSA) is 69.7 Å². The van der Waals surface area contributed by atoms with Crippen molar-refractivity contribution in [2.24, 2.45) is 0 Å². The molecular formula is C20H20FN3O3S. The van der Waals surface area contributed by atoms with Crippen molar-refractivity contribution in [1.82, 2.24) is 9.80 Å². The van der Waals surface area contributed by atoms with E-state index in [0.717, 1.165) is 17.3 Å². The number of nitrogens with one attached hydrogen (secondary N) is 1. The van der Waals surface area contributed by atoms with Gasteiger partial charge in [0.15, 0.2) is 0 Å². The van der Waals surface area contributed by atoms with Crippen molar-refractivity contribution >= 4 is 34.6 Å². The van der Waals surface area contributed by atoms with Gasteiger partial charge in [0.1, 0.15) is 5.82 Å². The number of halogens is 1. The Bertz CT molecular complexity index is 873. The largest absolute Gasteiger partial charge is 0.322 e. The standard InChI is InChI=1S/C20H20FN3O3S/c1-2-23(11-15-4-3-5-16(21)10-15)19(26)22-17-8-6-14(7-9-17)12-24-18(25)13-28-20(24)27/h3-10H,2,11-13H2,1H3,(H,22,26). The van der Waals surface area contributed by atoms with Crippen LogP contribution in [0.2, 0.25) is 0 Å². The van der Waals surface area contributed by atoms with E-state index >= 15 is 0 Å². The van der Waals surface area contributed by atoms with Crippen molar-refractivity contribution in [2.45, 2.75) is 20.0 Å². The fourth-order valence-electron chi connectivity index (χ4n) is 2.80. The van der Waals surface area contributed by atoms with Gasteiger partial charge in [0.25, 0.3) is 5.24 Å². The second-order valence-electron chi connectivity index (χ2n) is 6.31. The van der Waals surface area contributed by atoms with Crippen molar-refractivity contribution in [1.29, 1.82) is 0 Å². The van der Waals surface area contributed by atoms with E-state index in [1.165, 1.54) is 17.0 Å². The smallest absolute Gasteiger partial charge is 0.320 e. The van der Waals surface area contributed by atoms with Crippen molar-refractivity contribution in [2.75, 3.05) is 17.6 Å². The van der Waals surface area contributed by atoms with Crippen LogP contribution in [0.1, 0.15) is 18.1 Å². The molecule has 0 spiro atoms. The summed E-state index contributed by atoms with van der Waals surface area (Å²) in [5.41, 5.74) is 2.11. The van der Waals surface area contributed by atoms with E-state index in [0.29, 0.717) is 24.3 Å². The van der Waals surface area contributed by atoms with E-state index in [4.69, 9.17) is 0 Å². The van der Waals surface area contributed by atoms with Crippen LogP contribution in [0, 0.1) is 5.82 Å². The molecule has 0 aliphatic carbocycles. The van der Waals surface area contributed by atoms with Gasteiger partial charge in [-0.05, 0) is 42.3 Å². The van der Waals surface area contributed by atoms with Crippen LogP contribution in [-0.2, 0) is 17.9 Å². The van der Waals surface area contributed by atoms with E-state index in [-0.39, 0.29) is 35.3 Å². The average molecular weight is 401 g/mol. The van der Waals surface area contributed by atoms with E-state index in [2.05, 4.69) is 5.32 Å². The fourth-order valence-corrected chi connectivity index (χ4v) is 3.52. The number of carbonyl (C=O) groups excluding carboxylic acids is 3. The highest BCUT2D eigenvalue weighted by Gasteiger charge is 2.29. The van der Waals surface area contributed by atoms with Crippen LogP contribution in [-0.4, -0.2) is 39.3 Å². The lowest BCUT2D eigenvalue weighted by Crippen LogP contribution is -2.34. The number of amides is 4. The molecule has 3 rings (SSSR count). The van der Waals surface area contributed by atoms with Gasteiger partial charge < -0.3 is 10.2 Å². The monoisotopic (exact) mass is 401 g/mol. The maximum Gasteiger partial charge on any atom is 0.322 e. The van der Waals surface area contributed by atoms with Crippen LogP contribution in [0.5, 0.6) is 0 Å². The Morgan fingerprint density at radius 1 is 1.18 bits per heavy atom. The number of benzene rings is 2. The second-order valence-corrected chi connectivity index (χ2v) is 7.23. The molecule has 2 aromatic carbocycles. The molecule has 0 unspecified atom stereocenters. The highest BCUT2D eigenvalue weighted by atomic mass is 32.2. The summed E-state index contributed by atoms with van der Waals surface area (Å²) in [6.07, 6.45) is 0. The summed E-state index contributed by atoms with van der Waals surface area (Å²) in [7, 11) is 0. The quantitative estimate of drug-likeness (QED) is 0.792. The van der Waals surface area contributed by atoms with E-state index in [1.807, 2.05) is 6.92 Å². The lowest BCUT2D eigenvalue weighted by molar-refractivity contribution is -0.125. The zero-order valence-corrected chi connectivity index (χ0v) is 16.2. The Morgan fingerprint density at radius 3 is 2.54 bits per heavy atom. The lowest BCUT2D eigenvalue weighted by atomic mass is 10.2. The Labute approximate surface area is 166 Å². The number of urea groups is 1. The number of hydrogen-bond acceptors (Lipinski definition) is 4. The number of hydrogen-bond donors (Lipinski definition) is 1. The molecule has 1 saturated heterocycles. The summed E-state index contributed by atoms with van der Waals surface area (Å²) in [6, 6.07) is 12.8. The van der Waals surface area contributed by atoms with Crippen LogP contribution in [0.4, 0.5) is 19.7 Å². The van der Waals surface area contributed by atoms with Crippen LogP contribution in [0.3, 0.4) is 0 Å². The third kappa shape index (κ3) is 4.89. The average Bonchev–Trinajstić information content (AvgIpc) is 2.99. The molecule has 146 valence electrons. The summed E-state index contributed by atoms with van der Waals surface area (Å²) in [5.74, 6) is -0.341. The third-order valence-corrected chi connectivity index (χ3v) is 5.18. The molecule has 1 heterocycles. The number of imide groups is 1. The molecule has 4 amide bonds. The molecule has 28 heavy (non-hydrogen) atoms. The van der Waals surface area contributed by atoms with E-state index in [1.54, 1.807) is 41.3 Å². The Morgan fingerprint density at radius 2 is 1.93 bits per heavy atom. The summed E-state index contributed by atoms with van der Waals surface area (Å²) in [4.78, 5) is 38.6. The molecule has 0 bridgehead atoms. The summed E-state index contributed by atoms with van der Waals surface area (Å²) < 4.78 is 13.3. The van der Waals surface area contributed by atoms with Gasteiger partial charge in [-0.2, -0.15) is 0 Å². The first-order valence-corrected chi connectivity index (χ1v) is 9.81. The van der Waals surface area contributed by atoms with Crippen molar-refractivity contribution in [3.05, 3.63) is 65.5 Å². The van der Waals surface area contributed by atoms with Gasteiger partial charge in [0.05, 0.1) is 12.3 Å². The van der Waals surface area contributed by atoms with Gasteiger partial charge >= 0.3 is 6.03 Å². The highest BCUT2D eigenvalue weighted by molar-refractivity contribution is 8.14. The minimum absolute atomic E-state index is 0.186. The zero-order chi connectivity index (χ0) is 20.1. The predicted octanol–water partition coefficient (Wildman–Crippen LogP) is 4.08. The van der Waals surface area contributed by atoms with Gasteiger partial charge in [0, 0.05) is 18.8 Å². The third-order valence-electron chi connectivity index (χ3n) is 4.32. The Hall–Kier alpha value is -2.87. The first-order valence-electron chi connectivity index (χ1n) is 8.82. The minimum atomic E-state index is -0.335. The first kappa shape index (κ1) is 19.9. The maximum absolute atomic E-state index is 13.3. The van der Waals surface area contributed by atoms with Crippen LogP contribution < -0.4 is 5.32 Å². The van der Waals surface area contributed by atoms with Crippen LogP contribution in [0.25, 0.3) is 0 Å². The van der Waals surface area contributed by atoms with Gasteiger partial charge in [-0.1, -0.05) is 36.0 Å². The molecule has 0 atom stereocenters. The Kier molecular flexibility index (Phi) is 6.30. The van der Waals surface area contributed by atoms with Crippen LogP contribution >= 0.6 is 11.8 Å². The zero-order valence-electron chi connectivity index (χ0n) is 15.4. The molecule has 1 N–H and O–H groups in total. The van der Waals surface area contributed by atoms with Crippen LogP contribution in [0.15, 0.2) is 48.5 Å². The van der Waals surface area contributed by atoms with E-state index < -0.39 is 0 Å². The molecule has 0 radical (unpaired) electrons. The number of thioether (sulfide) groups is 1. The lowest BCUT2D eigenvalue weighted by Gasteiger charge is -2.21. The summed E-state index contributed by atoms with van der Waals surface area (Å²) >= 11 is 1.00. The summed E-state index contributed by atoms with van der Waals surface area (Å²) in [5, 5.41) is 2.57. The van der Waals surface area contributed by atoms with E-state index in [9.17, 15) is 18.8 Å². The molecule has 1 fully saturated rings. The molecule has 6 nitrogen and oxygen atoms in total. The number of rotatable bonds is 6. The molecule has 2 aromatic rings. The summed E-state index contributed by atoms with van der Waals surface area (Å²) in [6.45, 7) is 2.84. The maximum atomic E-state index is 13.3. The predicted molar refractivity (Wildman–Crippen MR) is 106 cm³/mol. The number of carbonyl (C=O) groups is 3. The molecule has 1 aliphatic rings. The number of anilines is 1. The van der Waals surface area contributed by atoms with Gasteiger partial charge in [0.2, 0.25) is 5.91 Å². The highest BCUT2D eigenvalue weighted by Crippen LogP contribution is 2.22. The second kappa shape index (κ2) is 8.88. The molecule has 0 saturated carbocycles. The van der Waals surface area contributed by atoms with Gasteiger partial charge in [-0.25, -0.2) is 9.18 Å². The molecule has 0 aromatic heterocycles. The van der Waals surface area contributed by atoms with Crippen molar-refractivity contribution in [3.63, 3.8) is 0 Å². The molecule has 1 aliphatic heterocycles. The molecule has 8 heteroatoms. The van der Waals surface area contributed by atoms with Gasteiger partial charge in [-0.15, -0.1) is 0 Å². The Balaban J connectivity index is 1.60.